The van der Waals surface area contributed by atoms with Crippen LogP contribution in [0.2, 0.25) is 0 Å². The highest BCUT2D eigenvalue weighted by Crippen LogP contribution is 2.36. The first kappa shape index (κ1) is 13.8. The van der Waals surface area contributed by atoms with E-state index in [9.17, 15) is 4.79 Å². The minimum atomic E-state index is -0.0691. The summed E-state index contributed by atoms with van der Waals surface area (Å²) in [5.41, 5.74) is 6.80. The van der Waals surface area contributed by atoms with Gasteiger partial charge in [0.05, 0.1) is 0 Å². The SMILES string of the molecule is CN(CC1(N(C)C)CCC1)C(=O)c1cc(N)ccn1. The lowest BCUT2D eigenvalue weighted by molar-refractivity contribution is 0.0250. The standard InChI is InChI=1S/C14H22N4O/c1-17(2)14(6-4-7-14)10-18(3)13(19)12-9-11(15)5-8-16-12/h5,8-9H,4,6-7,10H2,1-3H3,(H2,15,16). The van der Waals surface area contributed by atoms with Crippen molar-refractivity contribution in [1.82, 2.24) is 14.8 Å². The van der Waals surface area contributed by atoms with Crippen molar-refractivity contribution in [2.24, 2.45) is 0 Å². The van der Waals surface area contributed by atoms with Gasteiger partial charge >= 0.3 is 0 Å². The smallest absolute Gasteiger partial charge is 0.272 e. The van der Waals surface area contributed by atoms with Crippen molar-refractivity contribution in [1.29, 1.82) is 0 Å². The van der Waals surface area contributed by atoms with E-state index < -0.39 is 0 Å². The van der Waals surface area contributed by atoms with Crippen molar-refractivity contribution in [2.75, 3.05) is 33.4 Å². The topological polar surface area (TPSA) is 62.5 Å². The molecular weight excluding hydrogens is 240 g/mol. The van der Waals surface area contributed by atoms with Gasteiger partial charge in [-0.25, -0.2) is 0 Å². The van der Waals surface area contributed by atoms with Crippen molar-refractivity contribution in [2.45, 2.75) is 24.8 Å². The lowest BCUT2D eigenvalue weighted by Crippen LogP contribution is -2.57. The summed E-state index contributed by atoms with van der Waals surface area (Å²) in [4.78, 5) is 20.4. The van der Waals surface area contributed by atoms with Crippen LogP contribution in [0.25, 0.3) is 0 Å². The van der Waals surface area contributed by atoms with Crippen LogP contribution >= 0.6 is 0 Å². The Hall–Kier alpha value is -1.62. The fraction of sp³-hybridized carbons (Fsp3) is 0.571. The highest BCUT2D eigenvalue weighted by Gasteiger charge is 2.40. The molecule has 5 nitrogen and oxygen atoms in total. The summed E-state index contributed by atoms with van der Waals surface area (Å²) in [5.74, 6) is -0.0691. The van der Waals surface area contributed by atoms with Crippen LogP contribution in [0.4, 0.5) is 5.69 Å². The second kappa shape index (κ2) is 5.17. The van der Waals surface area contributed by atoms with Gasteiger partial charge in [0.15, 0.2) is 0 Å². The van der Waals surface area contributed by atoms with Crippen LogP contribution in [0.3, 0.4) is 0 Å². The van der Waals surface area contributed by atoms with Crippen LogP contribution in [-0.2, 0) is 0 Å². The van der Waals surface area contributed by atoms with E-state index in [0.717, 1.165) is 19.4 Å². The van der Waals surface area contributed by atoms with Gasteiger partial charge in [0.2, 0.25) is 0 Å². The van der Waals surface area contributed by atoms with E-state index in [1.54, 1.807) is 23.2 Å². The van der Waals surface area contributed by atoms with E-state index in [4.69, 9.17) is 5.73 Å². The molecule has 19 heavy (non-hydrogen) atoms. The van der Waals surface area contributed by atoms with Gasteiger partial charge in [-0.05, 0) is 45.5 Å². The summed E-state index contributed by atoms with van der Waals surface area (Å²) in [6, 6.07) is 3.31. The third-order valence-electron chi connectivity index (χ3n) is 4.11. The maximum Gasteiger partial charge on any atom is 0.272 e. The van der Waals surface area contributed by atoms with Crippen LogP contribution in [0.5, 0.6) is 0 Å². The molecule has 0 bridgehead atoms. The van der Waals surface area contributed by atoms with Crippen LogP contribution in [0, 0.1) is 0 Å². The van der Waals surface area contributed by atoms with E-state index in [1.807, 2.05) is 7.05 Å². The summed E-state index contributed by atoms with van der Waals surface area (Å²) >= 11 is 0. The lowest BCUT2D eigenvalue weighted by atomic mass is 9.75. The Morgan fingerprint density at radius 1 is 1.42 bits per heavy atom. The van der Waals surface area contributed by atoms with Gasteiger partial charge in [-0.1, -0.05) is 0 Å². The highest BCUT2D eigenvalue weighted by molar-refractivity contribution is 5.92. The molecule has 1 saturated carbocycles. The molecule has 0 aliphatic heterocycles. The molecule has 0 saturated heterocycles. The van der Waals surface area contributed by atoms with Crippen molar-refractivity contribution in [3.8, 4) is 0 Å². The fourth-order valence-electron chi connectivity index (χ4n) is 2.60. The molecule has 0 spiro atoms. The Labute approximate surface area is 114 Å². The Balaban J connectivity index is 2.07. The van der Waals surface area contributed by atoms with Crippen molar-refractivity contribution in [3.63, 3.8) is 0 Å². The number of rotatable bonds is 4. The van der Waals surface area contributed by atoms with Gasteiger partial charge in [0, 0.05) is 31.0 Å². The van der Waals surface area contributed by atoms with E-state index in [-0.39, 0.29) is 11.4 Å². The predicted molar refractivity (Wildman–Crippen MR) is 75.9 cm³/mol. The van der Waals surface area contributed by atoms with Crippen molar-refractivity contribution >= 4 is 11.6 Å². The number of anilines is 1. The van der Waals surface area contributed by atoms with E-state index in [2.05, 4.69) is 24.0 Å². The molecule has 0 radical (unpaired) electrons. The van der Waals surface area contributed by atoms with Gasteiger partial charge in [-0.2, -0.15) is 0 Å². The number of amides is 1. The molecule has 1 aromatic heterocycles. The maximum absolute atomic E-state index is 12.3. The number of likely N-dealkylation sites (N-methyl/N-ethyl adjacent to an activating group) is 2. The Morgan fingerprint density at radius 3 is 2.58 bits per heavy atom. The number of pyridine rings is 1. The summed E-state index contributed by atoms with van der Waals surface area (Å²) in [7, 11) is 5.99. The van der Waals surface area contributed by atoms with Crippen molar-refractivity contribution < 1.29 is 4.79 Å². The summed E-state index contributed by atoms with van der Waals surface area (Å²) in [6.45, 7) is 0.731. The molecular formula is C14H22N4O. The van der Waals surface area contributed by atoms with E-state index >= 15 is 0 Å². The van der Waals surface area contributed by atoms with Gasteiger partial charge < -0.3 is 15.5 Å². The molecule has 1 aromatic rings. The Bertz CT molecular complexity index is 468. The first-order chi connectivity index (χ1) is 8.94. The summed E-state index contributed by atoms with van der Waals surface area (Å²) in [6.07, 6.45) is 5.09. The Kier molecular flexibility index (Phi) is 3.75. The normalized spacial score (nSPS) is 17.1. The van der Waals surface area contributed by atoms with Crippen molar-refractivity contribution in [3.05, 3.63) is 24.0 Å². The quantitative estimate of drug-likeness (QED) is 0.886. The van der Waals surface area contributed by atoms with Gasteiger partial charge in [0.1, 0.15) is 5.69 Å². The molecule has 104 valence electrons. The van der Waals surface area contributed by atoms with Crippen LogP contribution < -0.4 is 5.73 Å². The summed E-state index contributed by atoms with van der Waals surface area (Å²) < 4.78 is 0. The second-order valence-electron chi connectivity index (χ2n) is 5.61. The number of nitrogens with zero attached hydrogens (tertiary/aromatic N) is 3. The predicted octanol–water partition coefficient (Wildman–Crippen LogP) is 1.22. The van der Waals surface area contributed by atoms with E-state index in [1.165, 1.54) is 6.42 Å². The number of hydrogen-bond acceptors (Lipinski definition) is 4. The van der Waals surface area contributed by atoms with E-state index in [0.29, 0.717) is 11.4 Å². The van der Waals surface area contributed by atoms with Gasteiger partial charge in [-0.15, -0.1) is 0 Å². The average Bonchev–Trinajstić information content (AvgIpc) is 2.32. The highest BCUT2D eigenvalue weighted by atomic mass is 16.2. The van der Waals surface area contributed by atoms with Crippen LogP contribution in [0.1, 0.15) is 29.8 Å². The molecule has 1 aliphatic rings. The zero-order valence-corrected chi connectivity index (χ0v) is 11.9. The van der Waals surface area contributed by atoms with Gasteiger partial charge in [0.25, 0.3) is 5.91 Å². The number of carbonyl (C=O) groups is 1. The lowest BCUT2D eigenvalue weighted by Gasteiger charge is -2.49. The first-order valence-corrected chi connectivity index (χ1v) is 6.59. The molecule has 2 N–H and O–H groups in total. The van der Waals surface area contributed by atoms with Crippen LogP contribution in [-0.4, -0.2) is 53.9 Å². The third-order valence-corrected chi connectivity index (χ3v) is 4.11. The minimum Gasteiger partial charge on any atom is -0.399 e. The monoisotopic (exact) mass is 262 g/mol. The molecule has 0 atom stereocenters. The van der Waals surface area contributed by atoms with Crippen LogP contribution in [0.15, 0.2) is 18.3 Å². The molecule has 1 amide bonds. The number of aromatic nitrogens is 1. The Morgan fingerprint density at radius 2 is 2.11 bits per heavy atom. The molecule has 1 aliphatic carbocycles. The second-order valence-corrected chi connectivity index (χ2v) is 5.61. The molecule has 5 heteroatoms. The number of carbonyl (C=O) groups excluding carboxylic acids is 1. The maximum atomic E-state index is 12.3. The fourth-order valence-corrected chi connectivity index (χ4v) is 2.60. The molecule has 0 unspecified atom stereocenters. The summed E-state index contributed by atoms with van der Waals surface area (Å²) in [5, 5.41) is 0. The molecule has 0 aromatic carbocycles. The number of nitrogen functional groups attached to an aromatic ring is 1. The average molecular weight is 262 g/mol. The zero-order valence-electron chi connectivity index (χ0n) is 11.9. The minimum absolute atomic E-state index is 0.0691. The molecule has 1 fully saturated rings. The zero-order chi connectivity index (χ0) is 14.0. The first-order valence-electron chi connectivity index (χ1n) is 6.59. The third kappa shape index (κ3) is 2.71. The largest absolute Gasteiger partial charge is 0.399 e. The van der Waals surface area contributed by atoms with Gasteiger partial charge in [-0.3, -0.25) is 9.78 Å². The number of nitrogens with two attached hydrogens (primary N) is 1. The molecule has 2 rings (SSSR count). The number of hydrogen-bond donors (Lipinski definition) is 1. The molecule has 1 heterocycles.